The Morgan fingerprint density at radius 2 is 1.82 bits per heavy atom. The van der Waals surface area contributed by atoms with E-state index in [-0.39, 0.29) is 5.91 Å². The molecular weight excluding hydrogens is 276 g/mol. The van der Waals surface area contributed by atoms with Crippen LogP contribution in [0, 0.1) is 13.8 Å². The standard InChI is InChI=1S/C18H16N2O2/c1-12-7-6-10-15(11-12)19-18(21)16-13(2)22-20-17(16)14-8-4-3-5-9-14/h3-11H,1-2H3,(H,19,21). The first-order chi connectivity index (χ1) is 10.6. The molecular formula is C18H16N2O2. The van der Waals surface area contributed by atoms with Crippen molar-refractivity contribution < 1.29 is 9.32 Å². The van der Waals surface area contributed by atoms with Crippen LogP contribution in [0.5, 0.6) is 0 Å². The van der Waals surface area contributed by atoms with E-state index in [1.54, 1.807) is 6.92 Å². The van der Waals surface area contributed by atoms with E-state index in [4.69, 9.17) is 4.52 Å². The first-order valence-corrected chi connectivity index (χ1v) is 7.05. The van der Waals surface area contributed by atoms with Gasteiger partial charge in [-0.05, 0) is 31.5 Å². The molecule has 0 atom stereocenters. The molecule has 0 aliphatic heterocycles. The van der Waals surface area contributed by atoms with Crippen LogP contribution in [0.2, 0.25) is 0 Å². The van der Waals surface area contributed by atoms with E-state index >= 15 is 0 Å². The highest BCUT2D eigenvalue weighted by Gasteiger charge is 2.21. The van der Waals surface area contributed by atoms with Gasteiger partial charge in [-0.2, -0.15) is 0 Å². The molecule has 4 nitrogen and oxygen atoms in total. The van der Waals surface area contributed by atoms with Gasteiger partial charge in [-0.3, -0.25) is 4.79 Å². The molecule has 1 amide bonds. The van der Waals surface area contributed by atoms with E-state index in [0.29, 0.717) is 17.0 Å². The van der Waals surface area contributed by atoms with E-state index in [2.05, 4.69) is 10.5 Å². The molecule has 1 N–H and O–H groups in total. The fourth-order valence-electron chi connectivity index (χ4n) is 2.35. The van der Waals surface area contributed by atoms with Crippen molar-refractivity contribution in [3.63, 3.8) is 0 Å². The van der Waals surface area contributed by atoms with Crippen molar-refractivity contribution in [2.75, 3.05) is 5.32 Å². The van der Waals surface area contributed by atoms with Crippen LogP contribution in [0.25, 0.3) is 11.3 Å². The van der Waals surface area contributed by atoms with E-state index in [1.165, 1.54) is 0 Å². The Bertz CT molecular complexity index is 807. The van der Waals surface area contributed by atoms with Crippen molar-refractivity contribution in [3.8, 4) is 11.3 Å². The summed E-state index contributed by atoms with van der Waals surface area (Å²) in [5.41, 5.74) is 3.72. The van der Waals surface area contributed by atoms with Gasteiger partial charge < -0.3 is 9.84 Å². The fraction of sp³-hybridized carbons (Fsp3) is 0.111. The number of amides is 1. The van der Waals surface area contributed by atoms with Gasteiger partial charge in [-0.1, -0.05) is 47.6 Å². The van der Waals surface area contributed by atoms with Crippen LogP contribution in [0.3, 0.4) is 0 Å². The van der Waals surface area contributed by atoms with Gasteiger partial charge in [0.1, 0.15) is 17.0 Å². The highest BCUT2D eigenvalue weighted by atomic mass is 16.5. The molecule has 0 aliphatic rings. The van der Waals surface area contributed by atoms with Crippen molar-refractivity contribution in [2.24, 2.45) is 0 Å². The molecule has 0 saturated carbocycles. The number of carbonyl (C=O) groups excluding carboxylic acids is 1. The molecule has 0 fully saturated rings. The summed E-state index contributed by atoms with van der Waals surface area (Å²) in [5, 5.41) is 6.93. The van der Waals surface area contributed by atoms with Crippen molar-refractivity contribution in [3.05, 3.63) is 71.5 Å². The summed E-state index contributed by atoms with van der Waals surface area (Å²) < 4.78 is 5.22. The number of aromatic nitrogens is 1. The Balaban J connectivity index is 1.95. The zero-order chi connectivity index (χ0) is 15.5. The zero-order valence-electron chi connectivity index (χ0n) is 12.5. The summed E-state index contributed by atoms with van der Waals surface area (Å²) in [6, 6.07) is 17.2. The van der Waals surface area contributed by atoms with Gasteiger partial charge in [0.25, 0.3) is 5.91 Å². The molecule has 1 aromatic heterocycles. The topological polar surface area (TPSA) is 55.1 Å². The number of anilines is 1. The third-order valence-electron chi connectivity index (χ3n) is 3.41. The minimum absolute atomic E-state index is 0.219. The number of nitrogens with zero attached hydrogens (tertiary/aromatic N) is 1. The van der Waals surface area contributed by atoms with Crippen LogP contribution in [0.1, 0.15) is 21.7 Å². The molecule has 3 aromatic rings. The van der Waals surface area contributed by atoms with Gasteiger partial charge >= 0.3 is 0 Å². The third-order valence-corrected chi connectivity index (χ3v) is 3.41. The normalized spacial score (nSPS) is 10.5. The summed E-state index contributed by atoms with van der Waals surface area (Å²) in [4.78, 5) is 12.6. The highest BCUT2D eigenvalue weighted by Crippen LogP contribution is 2.26. The molecule has 1 heterocycles. The first-order valence-electron chi connectivity index (χ1n) is 7.05. The minimum Gasteiger partial charge on any atom is -0.360 e. The Kier molecular flexibility index (Phi) is 3.74. The van der Waals surface area contributed by atoms with Crippen molar-refractivity contribution >= 4 is 11.6 Å². The Labute approximate surface area is 128 Å². The van der Waals surface area contributed by atoms with Crippen LogP contribution in [-0.2, 0) is 0 Å². The first kappa shape index (κ1) is 14.1. The molecule has 0 unspecified atom stereocenters. The number of rotatable bonds is 3. The summed E-state index contributed by atoms with van der Waals surface area (Å²) >= 11 is 0. The van der Waals surface area contributed by atoms with E-state index in [0.717, 1.165) is 16.8 Å². The van der Waals surface area contributed by atoms with Crippen LogP contribution < -0.4 is 5.32 Å². The van der Waals surface area contributed by atoms with Gasteiger partial charge in [0.2, 0.25) is 0 Å². The van der Waals surface area contributed by atoms with Crippen LogP contribution in [0.4, 0.5) is 5.69 Å². The predicted octanol–water partition coefficient (Wildman–Crippen LogP) is 4.21. The predicted molar refractivity (Wildman–Crippen MR) is 85.8 cm³/mol. The maximum absolute atomic E-state index is 12.6. The second kappa shape index (κ2) is 5.85. The van der Waals surface area contributed by atoms with Crippen molar-refractivity contribution in [1.82, 2.24) is 5.16 Å². The smallest absolute Gasteiger partial charge is 0.261 e. The number of carbonyl (C=O) groups is 1. The fourth-order valence-corrected chi connectivity index (χ4v) is 2.35. The van der Waals surface area contributed by atoms with E-state index < -0.39 is 0 Å². The number of hydrogen-bond acceptors (Lipinski definition) is 3. The molecule has 0 bridgehead atoms. The summed E-state index contributed by atoms with van der Waals surface area (Å²) in [7, 11) is 0. The number of aryl methyl sites for hydroxylation is 2. The van der Waals surface area contributed by atoms with E-state index in [9.17, 15) is 4.79 Å². The number of hydrogen-bond donors (Lipinski definition) is 1. The van der Waals surface area contributed by atoms with Gasteiger partial charge in [0.05, 0.1) is 0 Å². The molecule has 110 valence electrons. The molecule has 0 aliphatic carbocycles. The molecule has 0 spiro atoms. The molecule has 22 heavy (non-hydrogen) atoms. The maximum Gasteiger partial charge on any atom is 0.261 e. The monoisotopic (exact) mass is 292 g/mol. The van der Waals surface area contributed by atoms with E-state index in [1.807, 2.05) is 61.5 Å². The molecule has 4 heteroatoms. The third kappa shape index (κ3) is 2.76. The van der Waals surface area contributed by atoms with Gasteiger partial charge in [-0.25, -0.2) is 0 Å². The van der Waals surface area contributed by atoms with Gasteiger partial charge in [0.15, 0.2) is 0 Å². The summed E-state index contributed by atoms with van der Waals surface area (Å²) in [6.07, 6.45) is 0. The highest BCUT2D eigenvalue weighted by molar-refractivity contribution is 6.08. The summed E-state index contributed by atoms with van der Waals surface area (Å²) in [6.45, 7) is 3.72. The molecule has 0 saturated heterocycles. The molecule has 0 radical (unpaired) electrons. The largest absolute Gasteiger partial charge is 0.360 e. The summed E-state index contributed by atoms with van der Waals surface area (Å²) in [5.74, 6) is 0.284. The minimum atomic E-state index is -0.219. The second-order valence-electron chi connectivity index (χ2n) is 5.15. The quantitative estimate of drug-likeness (QED) is 0.786. The van der Waals surface area contributed by atoms with Crippen molar-refractivity contribution in [1.29, 1.82) is 0 Å². The lowest BCUT2D eigenvalue weighted by molar-refractivity contribution is 0.102. The lowest BCUT2D eigenvalue weighted by Crippen LogP contribution is -2.13. The second-order valence-corrected chi connectivity index (χ2v) is 5.15. The van der Waals surface area contributed by atoms with Crippen LogP contribution in [0.15, 0.2) is 59.1 Å². The average Bonchev–Trinajstić information content (AvgIpc) is 2.90. The molecule has 3 rings (SSSR count). The van der Waals surface area contributed by atoms with Gasteiger partial charge in [0, 0.05) is 11.3 Å². The lowest BCUT2D eigenvalue weighted by Gasteiger charge is -2.06. The number of nitrogens with one attached hydrogen (secondary N) is 1. The number of benzene rings is 2. The van der Waals surface area contributed by atoms with Gasteiger partial charge in [-0.15, -0.1) is 0 Å². The van der Waals surface area contributed by atoms with Crippen LogP contribution in [-0.4, -0.2) is 11.1 Å². The average molecular weight is 292 g/mol. The molecule has 2 aromatic carbocycles. The lowest BCUT2D eigenvalue weighted by atomic mass is 10.1. The maximum atomic E-state index is 12.6. The van der Waals surface area contributed by atoms with Crippen molar-refractivity contribution in [2.45, 2.75) is 13.8 Å². The zero-order valence-corrected chi connectivity index (χ0v) is 12.5. The Morgan fingerprint density at radius 1 is 1.05 bits per heavy atom. The SMILES string of the molecule is Cc1cccc(NC(=O)c2c(-c3ccccc3)noc2C)c1. The Hall–Kier alpha value is -2.88. The van der Waals surface area contributed by atoms with Crippen LogP contribution >= 0.6 is 0 Å². The Morgan fingerprint density at radius 3 is 2.55 bits per heavy atom.